The van der Waals surface area contributed by atoms with Crippen LogP contribution in [-0.2, 0) is 9.53 Å². The van der Waals surface area contributed by atoms with Crippen molar-refractivity contribution in [2.24, 2.45) is 11.3 Å². The number of rotatable bonds is 4. The fraction of sp³-hybridized carbons (Fsp3) is 0.500. The van der Waals surface area contributed by atoms with Gasteiger partial charge in [-0.1, -0.05) is 12.3 Å². The van der Waals surface area contributed by atoms with E-state index >= 15 is 0 Å². The zero-order valence-corrected chi connectivity index (χ0v) is 13.7. The number of nitrogens with zero attached hydrogens (tertiary/aromatic N) is 2. The number of terminal acetylenes is 1. The van der Waals surface area contributed by atoms with Gasteiger partial charge < -0.3 is 15.0 Å². The van der Waals surface area contributed by atoms with E-state index in [2.05, 4.69) is 21.1 Å². The molecule has 24 heavy (non-hydrogen) atoms. The summed E-state index contributed by atoms with van der Waals surface area (Å²) in [5.74, 6) is 3.10. The quantitative estimate of drug-likeness (QED) is 0.665. The SMILES string of the molecule is C#CCNC(=O)c1ccc(N2CC3CCCC3(C(=O)OC)C2)nc1. The van der Waals surface area contributed by atoms with Crippen molar-refractivity contribution in [3.63, 3.8) is 0 Å². The molecule has 1 N–H and O–H groups in total. The fourth-order valence-corrected chi connectivity index (χ4v) is 3.94. The van der Waals surface area contributed by atoms with Gasteiger partial charge in [0.1, 0.15) is 5.82 Å². The molecule has 1 aromatic rings. The summed E-state index contributed by atoms with van der Waals surface area (Å²) >= 11 is 0. The highest BCUT2D eigenvalue weighted by Gasteiger charge is 2.55. The number of hydrogen-bond donors (Lipinski definition) is 1. The third-order valence-electron chi connectivity index (χ3n) is 5.15. The zero-order chi connectivity index (χ0) is 17.2. The third kappa shape index (κ3) is 2.71. The van der Waals surface area contributed by atoms with E-state index in [9.17, 15) is 9.59 Å². The van der Waals surface area contributed by atoms with Crippen molar-refractivity contribution in [3.8, 4) is 12.3 Å². The van der Waals surface area contributed by atoms with Crippen molar-refractivity contribution in [2.75, 3.05) is 31.6 Å². The number of methoxy groups -OCH3 is 1. The van der Waals surface area contributed by atoms with E-state index in [1.807, 2.05) is 6.07 Å². The van der Waals surface area contributed by atoms with Crippen LogP contribution in [0, 0.1) is 23.7 Å². The molecule has 2 atom stereocenters. The van der Waals surface area contributed by atoms with Crippen LogP contribution in [0.1, 0.15) is 29.6 Å². The Hall–Kier alpha value is -2.55. The van der Waals surface area contributed by atoms with Gasteiger partial charge in [-0.25, -0.2) is 4.98 Å². The Balaban J connectivity index is 1.73. The van der Waals surface area contributed by atoms with Crippen LogP contribution in [0.25, 0.3) is 0 Å². The number of carbonyl (C=O) groups is 2. The van der Waals surface area contributed by atoms with Crippen LogP contribution in [-0.4, -0.2) is 43.6 Å². The summed E-state index contributed by atoms with van der Waals surface area (Å²) in [5.41, 5.74) is 0.0651. The average molecular weight is 327 g/mol. The maximum Gasteiger partial charge on any atom is 0.313 e. The Bertz CT molecular complexity index is 680. The van der Waals surface area contributed by atoms with Gasteiger partial charge >= 0.3 is 5.97 Å². The first-order valence-corrected chi connectivity index (χ1v) is 8.12. The minimum Gasteiger partial charge on any atom is -0.469 e. The van der Waals surface area contributed by atoms with Gasteiger partial charge in [-0.05, 0) is 30.9 Å². The Morgan fingerprint density at radius 2 is 2.38 bits per heavy atom. The molecule has 2 aliphatic rings. The normalized spacial score (nSPS) is 25.0. The van der Waals surface area contributed by atoms with E-state index in [0.29, 0.717) is 18.0 Å². The Labute approximate surface area is 141 Å². The summed E-state index contributed by atoms with van der Waals surface area (Å²) < 4.78 is 5.06. The van der Waals surface area contributed by atoms with Crippen LogP contribution >= 0.6 is 0 Å². The topological polar surface area (TPSA) is 71.5 Å². The summed E-state index contributed by atoms with van der Waals surface area (Å²) in [6.45, 7) is 1.61. The fourth-order valence-electron chi connectivity index (χ4n) is 3.94. The molecule has 2 fully saturated rings. The highest BCUT2D eigenvalue weighted by Crippen LogP contribution is 2.50. The summed E-state index contributed by atoms with van der Waals surface area (Å²) in [5, 5.41) is 2.61. The molecule has 2 unspecified atom stereocenters. The lowest BCUT2D eigenvalue weighted by Gasteiger charge is -2.25. The van der Waals surface area contributed by atoms with Gasteiger partial charge in [0.15, 0.2) is 0 Å². The maximum atomic E-state index is 12.3. The molecule has 0 radical (unpaired) electrons. The van der Waals surface area contributed by atoms with E-state index in [1.165, 1.54) is 7.11 Å². The minimum atomic E-state index is -0.404. The van der Waals surface area contributed by atoms with Gasteiger partial charge in [0, 0.05) is 19.3 Å². The van der Waals surface area contributed by atoms with Crippen LogP contribution in [0.2, 0.25) is 0 Å². The summed E-state index contributed by atoms with van der Waals surface area (Å²) in [7, 11) is 1.46. The van der Waals surface area contributed by atoms with Crippen molar-refractivity contribution in [2.45, 2.75) is 19.3 Å². The van der Waals surface area contributed by atoms with Crippen LogP contribution in [0.4, 0.5) is 5.82 Å². The summed E-state index contributed by atoms with van der Waals surface area (Å²) in [4.78, 5) is 30.7. The molecule has 126 valence electrons. The molecule has 6 nitrogen and oxygen atoms in total. The maximum absolute atomic E-state index is 12.3. The molecule has 1 aliphatic carbocycles. The lowest BCUT2D eigenvalue weighted by Crippen LogP contribution is -2.37. The zero-order valence-electron chi connectivity index (χ0n) is 13.7. The molecule has 0 spiro atoms. The van der Waals surface area contributed by atoms with Crippen molar-refractivity contribution >= 4 is 17.7 Å². The number of aromatic nitrogens is 1. The predicted molar refractivity (Wildman–Crippen MR) is 89.4 cm³/mol. The van der Waals surface area contributed by atoms with Gasteiger partial charge in [0.25, 0.3) is 5.91 Å². The molecular weight excluding hydrogens is 306 g/mol. The van der Waals surface area contributed by atoms with Gasteiger partial charge in [-0.3, -0.25) is 9.59 Å². The van der Waals surface area contributed by atoms with E-state index in [0.717, 1.165) is 31.6 Å². The van der Waals surface area contributed by atoms with Crippen LogP contribution in [0.5, 0.6) is 0 Å². The molecule has 0 bridgehead atoms. The number of nitrogens with one attached hydrogen (secondary N) is 1. The number of carbonyl (C=O) groups excluding carboxylic acids is 2. The van der Waals surface area contributed by atoms with Crippen LogP contribution in [0.3, 0.4) is 0 Å². The first-order chi connectivity index (χ1) is 11.6. The van der Waals surface area contributed by atoms with Crippen LogP contribution < -0.4 is 10.2 Å². The van der Waals surface area contributed by atoms with Gasteiger partial charge in [0.05, 0.1) is 24.6 Å². The summed E-state index contributed by atoms with van der Waals surface area (Å²) in [6, 6.07) is 3.55. The molecule has 1 aromatic heterocycles. The van der Waals surface area contributed by atoms with Crippen molar-refractivity contribution in [1.29, 1.82) is 0 Å². The molecule has 6 heteroatoms. The standard InChI is InChI=1S/C18H21N3O3/c1-3-9-19-16(22)13-6-7-15(20-10-13)21-11-14-5-4-8-18(14,12-21)17(23)24-2/h1,6-7,10,14H,4-5,8-9,11-12H2,2H3,(H,19,22). The smallest absolute Gasteiger partial charge is 0.313 e. The number of ether oxygens (including phenoxy) is 1. The molecule has 0 aromatic carbocycles. The Morgan fingerprint density at radius 3 is 3.04 bits per heavy atom. The van der Waals surface area contributed by atoms with E-state index in [4.69, 9.17) is 11.2 Å². The van der Waals surface area contributed by atoms with Crippen molar-refractivity contribution in [3.05, 3.63) is 23.9 Å². The van der Waals surface area contributed by atoms with E-state index < -0.39 is 5.41 Å². The lowest BCUT2D eigenvalue weighted by molar-refractivity contribution is -0.152. The molecular formula is C18H21N3O3. The largest absolute Gasteiger partial charge is 0.469 e. The number of pyridine rings is 1. The van der Waals surface area contributed by atoms with E-state index in [-0.39, 0.29) is 18.4 Å². The van der Waals surface area contributed by atoms with Crippen molar-refractivity contribution in [1.82, 2.24) is 10.3 Å². The second kappa shape index (κ2) is 6.52. The highest BCUT2D eigenvalue weighted by atomic mass is 16.5. The van der Waals surface area contributed by atoms with Gasteiger partial charge in [-0.2, -0.15) is 0 Å². The number of anilines is 1. The van der Waals surface area contributed by atoms with Gasteiger partial charge in [-0.15, -0.1) is 6.42 Å². The lowest BCUT2D eigenvalue weighted by atomic mass is 9.81. The molecule has 1 amide bonds. The number of fused-ring (bicyclic) bond motifs is 1. The Kier molecular flexibility index (Phi) is 4.43. The monoisotopic (exact) mass is 327 g/mol. The molecule has 1 aliphatic heterocycles. The predicted octanol–water partition coefficient (Wildman–Crippen LogP) is 1.22. The average Bonchev–Trinajstić information content (AvgIpc) is 3.17. The second-order valence-electron chi connectivity index (χ2n) is 6.41. The molecule has 2 heterocycles. The third-order valence-corrected chi connectivity index (χ3v) is 5.15. The summed E-state index contributed by atoms with van der Waals surface area (Å²) in [6.07, 6.45) is 9.64. The second-order valence-corrected chi connectivity index (χ2v) is 6.41. The molecule has 3 rings (SSSR count). The van der Waals surface area contributed by atoms with Gasteiger partial charge in [0.2, 0.25) is 0 Å². The van der Waals surface area contributed by atoms with Crippen LogP contribution in [0.15, 0.2) is 18.3 Å². The van der Waals surface area contributed by atoms with Crippen molar-refractivity contribution < 1.29 is 14.3 Å². The first kappa shape index (κ1) is 16.3. The number of esters is 1. The number of hydrogen-bond acceptors (Lipinski definition) is 5. The first-order valence-electron chi connectivity index (χ1n) is 8.12. The van der Waals surface area contributed by atoms with E-state index in [1.54, 1.807) is 12.3 Å². The Morgan fingerprint density at radius 1 is 1.54 bits per heavy atom. The minimum absolute atomic E-state index is 0.113. The molecule has 1 saturated heterocycles. The molecule has 1 saturated carbocycles. The number of amides is 1. The highest BCUT2D eigenvalue weighted by molar-refractivity contribution is 5.94.